The van der Waals surface area contributed by atoms with Gasteiger partial charge in [0.15, 0.2) is 0 Å². The lowest BCUT2D eigenvalue weighted by molar-refractivity contribution is -0.0269. The van der Waals surface area contributed by atoms with Crippen LogP contribution in [-0.4, -0.2) is 65.8 Å². The number of carbonyl (C=O) groups is 1. The number of halogens is 1. The molecule has 162 valence electrons. The Labute approximate surface area is 187 Å². The van der Waals surface area contributed by atoms with Crippen molar-refractivity contribution in [2.45, 2.75) is 18.6 Å². The van der Waals surface area contributed by atoms with E-state index in [4.69, 9.17) is 21.1 Å². The van der Waals surface area contributed by atoms with E-state index in [0.29, 0.717) is 29.4 Å². The molecule has 3 rings (SSSR count). The highest BCUT2D eigenvalue weighted by Gasteiger charge is 2.33. The molecule has 0 saturated carbocycles. The van der Waals surface area contributed by atoms with Gasteiger partial charge in [0, 0.05) is 42.5 Å². The third kappa shape index (κ3) is 6.18. The van der Waals surface area contributed by atoms with Gasteiger partial charge in [-0.2, -0.15) is 0 Å². The zero-order valence-electron chi connectivity index (χ0n) is 16.7. The van der Waals surface area contributed by atoms with Gasteiger partial charge in [-0.25, -0.2) is 4.79 Å². The summed E-state index contributed by atoms with van der Waals surface area (Å²) in [5, 5.41) is 13.2. The van der Waals surface area contributed by atoms with Gasteiger partial charge in [-0.1, -0.05) is 30.5 Å². The number of aliphatic hydroxyl groups excluding tert-OH is 1. The number of thiol groups is 1. The van der Waals surface area contributed by atoms with Gasteiger partial charge in [0.05, 0.1) is 13.7 Å². The third-order valence-corrected chi connectivity index (χ3v) is 5.58. The lowest BCUT2D eigenvalue weighted by Crippen LogP contribution is -2.59. The average molecular weight is 452 g/mol. The number of amides is 2. The van der Waals surface area contributed by atoms with Crippen LogP contribution >= 0.6 is 24.4 Å². The van der Waals surface area contributed by atoms with Crippen molar-refractivity contribution >= 4 is 36.1 Å². The Bertz CT molecular complexity index is 833. The van der Waals surface area contributed by atoms with Crippen molar-refractivity contribution in [1.29, 1.82) is 0 Å². The number of nitrogens with one attached hydrogen (secondary N) is 1. The molecule has 0 bridgehead atoms. The fourth-order valence-corrected chi connectivity index (χ4v) is 3.49. The van der Waals surface area contributed by atoms with Crippen molar-refractivity contribution in [1.82, 2.24) is 9.21 Å². The van der Waals surface area contributed by atoms with Crippen molar-refractivity contribution in [3.05, 3.63) is 53.6 Å². The highest BCUT2D eigenvalue weighted by molar-refractivity contribution is 7.78. The molecule has 1 aliphatic rings. The van der Waals surface area contributed by atoms with Gasteiger partial charge in [0.2, 0.25) is 0 Å². The Morgan fingerprint density at radius 2 is 2.03 bits per heavy atom. The standard InChI is InChI=1S/C21H26ClN3O4S/c1-28-19-4-2-3-16(11-19)23-21(27)25(30)10-9-17(14-26)24-12-20(13-24)29-18-7-5-15(22)6-8-18/h2-8,11,17,20,26,30H,9-10,12-14H2,1H3,(H,23,27)/t17-/m0/s1. The highest BCUT2D eigenvalue weighted by atomic mass is 35.5. The predicted molar refractivity (Wildman–Crippen MR) is 121 cm³/mol. The Hall–Kier alpha value is -2.13. The molecule has 1 aliphatic heterocycles. The molecule has 1 fully saturated rings. The van der Waals surface area contributed by atoms with Crippen molar-refractivity contribution in [3.8, 4) is 11.5 Å². The van der Waals surface area contributed by atoms with E-state index in [1.807, 2.05) is 12.1 Å². The summed E-state index contributed by atoms with van der Waals surface area (Å²) in [7, 11) is 1.57. The number of urea groups is 1. The van der Waals surface area contributed by atoms with Gasteiger partial charge in [0.1, 0.15) is 17.6 Å². The maximum absolute atomic E-state index is 12.3. The fourth-order valence-electron chi connectivity index (χ4n) is 3.20. The summed E-state index contributed by atoms with van der Waals surface area (Å²) in [6, 6.07) is 14.0. The first-order valence-electron chi connectivity index (χ1n) is 9.67. The Morgan fingerprint density at radius 1 is 1.30 bits per heavy atom. The highest BCUT2D eigenvalue weighted by Crippen LogP contribution is 2.23. The Balaban J connectivity index is 1.41. The lowest BCUT2D eigenvalue weighted by Gasteiger charge is -2.43. The number of likely N-dealkylation sites (tertiary alicyclic amines) is 1. The Kier molecular flexibility index (Phi) is 8.09. The van der Waals surface area contributed by atoms with Crippen LogP contribution in [0.15, 0.2) is 48.5 Å². The quantitative estimate of drug-likeness (QED) is 0.508. The van der Waals surface area contributed by atoms with Crippen molar-refractivity contribution in [2.75, 3.05) is 38.7 Å². The number of hydrogen-bond acceptors (Lipinski definition) is 6. The second-order valence-electron chi connectivity index (χ2n) is 7.06. The molecular weight excluding hydrogens is 426 g/mol. The van der Waals surface area contributed by atoms with Gasteiger partial charge >= 0.3 is 6.03 Å². The molecule has 30 heavy (non-hydrogen) atoms. The second-order valence-corrected chi connectivity index (χ2v) is 7.98. The minimum atomic E-state index is -0.337. The first kappa shape index (κ1) is 22.6. The topological polar surface area (TPSA) is 74.3 Å². The van der Waals surface area contributed by atoms with Gasteiger partial charge in [0.25, 0.3) is 0 Å². The van der Waals surface area contributed by atoms with Crippen LogP contribution in [-0.2, 0) is 0 Å². The van der Waals surface area contributed by atoms with Crippen LogP contribution in [0.2, 0.25) is 5.02 Å². The summed E-state index contributed by atoms with van der Waals surface area (Å²) < 4.78 is 12.4. The number of rotatable bonds is 9. The number of hydrogen-bond donors (Lipinski definition) is 3. The van der Waals surface area contributed by atoms with Crippen LogP contribution in [0.1, 0.15) is 6.42 Å². The van der Waals surface area contributed by atoms with E-state index in [-0.39, 0.29) is 24.8 Å². The van der Waals surface area contributed by atoms with Crippen molar-refractivity contribution in [3.63, 3.8) is 0 Å². The summed E-state index contributed by atoms with van der Waals surface area (Å²) in [4.78, 5) is 14.5. The maximum Gasteiger partial charge on any atom is 0.331 e. The lowest BCUT2D eigenvalue weighted by atomic mass is 10.1. The van der Waals surface area contributed by atoms with Crippen LogP contribution in [0.5, 0.6) is 11.5 Å². The van der Waals surface area contributed by atoms with E-state index in [1.54, 1.807) is 43.5 Å². The largest absolute Gasteiger partial charge is 0.497 e. The van der Waals surface area contributed by atoms with Crippen molar-refractivity contribution < 1.29 is 19.4 Å². The summed E-state index contributed by atoms with van der Waals surface area (Å²) in [6.45, 7) is 1.84. The molecule has 7 nitrogen and oxygen atoms in total. The van der Waals surface area contributed by atoms with Crippen LogP contribution < -0.4 is 14.8 Å². The number of aliphatic hydroxyl groups is 1. The van der Waals surface area contributed by atoms with E-state index in [0.717, 1.165) is 18.8 Å². The molecule has 0 unspecified atom stereocenters. The minimum Gasteiger partial charge on any atom is -0.497 e. The average Bonchev–Trinajstić information content (AvgIpc) is 2.73. The van der Waals surface area contributed by atoms with Gasteiger partial charge in [-0.05, 0) is 42.8 Å². The molecular formula is C21H26ClN3O4S. The molecule has 0 aliphatic carbocycles. The molecule has 1 saturated heterocycles. The summed E-state index contributed by atoms with van der Waals surface area (Å²) in [6.07, 6.45) is 0.669. The molecule has 0 radical (unpaired) electrons. The van der Waals surface area contributed by atoms with E-state index < -0.39 is 0 Å². The van der Waals surface area contributed by atoms with Crippen LogP contribution in [0.4, 0.5) is 10.5 Å². The molecule has 1 heterocycles. The number of ether oxygens (including phenoxy) is 2. The van der Waals surface area contributed by atoms with Gasteiger partial charge in [-0.15, -0.1) is 0 Å². The van der Waals surface area contributed by atoms with E-state index >= 15 is 0 Å². The van der Waals surface area contributed by atoms with Crippen LogP contribution in [0, 0.1) is 0 Å². The maximum atomic E-state index is 12.3. The third-order valence-electron chi connectivity index (χ3n) is 4.95. The normalized spacial score (nSPS) is 15.2. The minimum absolute atomic E-state index is 0.00673. The SMILES string of the molecule is COc1cccc(NC(=O)N(S)CC[C@@H](CO)N2CC(Oc3ccc(Cl)cc3)C2)c1. The molecule has 9 heteroatoms. The summed E-state index contributed by atoms with van der Waals surface area (Å²) >= 11 is 10.2. The zero-order valence-corrected chi connectivity index (χ0v) is 18.4. The number of benzene rings is 2. The van der Waals surface area contributed by atoms with E-state index in [1.165, 1.54) is 4.31 Å². The molecule has 2 aromatic carbocycles. The molecule has 0 aromatic heterocycles. The number of carbonyl (C=O) groups excluding carboxylic acids is 1. The fraction of sp³-hybridized carbons (Fsp3) is 0.381. The number of nitrogens with zero attached hydrogens (tertiary/aromatic N) is 2. The van der Waals surface area contributed by atoms with E-state index in [2.05, 4.69) is 23.0 Å². The zero-order chi connectivity index (χ0) is 21.5. The molecule has 2 N–H and O–H groups in total. The number of anilines is 1. The smallest absolute Gasteiger partial charge is 0.331 e. The second kappa shape index (κ2) is 10.8. The predicted octanol–water partition coefficient (Wildman–Crippen LogP) is 3.54. The van der Waals surface area contributed by atoms with Gasteiger partial charge < -0.3 is 19.9 Å². The van der Waals surface area contributed by atoms with E-state index in [9.17, 15) is 9.90 Å². The van der Waals surface area contributed by atoms with Crippen molar-refractivity contribution in [2.24, 2.45) is 0 Å². The Morgan fingerprint density at radius 3 is 2.70 bits per heavy atom. The van der Waals surface area contributed by atoms with Gasteiger partial charge in [-0.3, -0.25) is 9.21 Å². The number of methoxy groups -OCH3 is 1. The molecule has 2 aromatic rings. The molecule has 2 amide bonds. The summed E-state index contributed by atoms with van der Waals surface area (Å²) in [5.41, 5.74) is 0.627. The van der Waals surface area contributed by atoms with Crippen LogP contribution in [0.25, 0.3) is 0 Å². The molecule has 1 atom stereocenters. The van der Waals surface area contributed by atoms with Crippen LogP contribution in [0.3, 0.4) is 0 Å². The molecule has 0 spiro atoms. The first-order chi connectivity index (χ1) is 14.5. The monoisotopic (exact) mass is 451 g/mol. The first-order valence-corrected chi connectivity index (χ1v) is 10.4. The summed E-state index contributed by atoms with van der Waals surface area (Å²) in [5.74, 6) is 1.44.